The van der Waals surface area contributed by atoms with Crippen molar-refractivity contribution < 1.29 is 23.1 Å². The summed E-state index contributed by atoms with van der Waals surface area (Å²) in [6.07, 6.45) is 2.98. The Kier molecular flexibility index (Phi) is 7.55. The average molecular weight is 328 g/mol. The Morgan fingerprint density at radius 1 is 1.18 bits per heavy atom. The third-order valence-electron chi connectivity index (χ3n) is 3.42. The Hall–Kier alpha value is -1.40. The molecule has 1 atom stereocenters. The van der Waals surface area contributed by atoms with E-state index >= 15 is 0 Å². The molecule has 0 saturated heterocycles. The van der Waals surface area contributed by atoms with Gasteiger partial charge in [0.15, 0.2) is 15.1 Å². The van der Waals surface area contributed by atoms with E-state index in [1.54, 1.807) is 12.1 Å². The summed E-state index contributed by atoms with van der Waals surface area (Å²) in [5, 5.41) is 7.76. The average Bonchev–Trinajstić information content (AvgIpc) is 2.46. The number of aryl methyl sites for hydroxylation is 1. The molecule has 0 fully saturated rings. The summed E-state index contributed by atoms with van der Waals surface area (Å²) < 4.78 is 30.2. The van der Waals surface area contributed by atoms with Crippen LogP contribution in [0.15, 0.2) is 29.2 Å². The zero-order valence-electron chi connectivity index (χ0n) is 13.1. The lowest BCUT2D eigenvalue weighted by Gasteiger charge is -2.14. The van der Waals surface area contributed by atoms with Crippen molar-refractivity contribution >= 4 is 15.8 Å². The first-order valence-corrected chi connectivity index (χ1v) is 9.05. The molecule has 0 saturated carbocycles. The number of benzene rings is 1. The van der Waals surface area contributed by atoms with Gasteiger partial charge in [-0.1, -0.05) is 37.5 Å². The van der Waals surface area contributed by atoms with Gasteiger partial charge in [-0.15, -0.1) is 0 Å². The van der Waals surface area contributed by atoms with Crippen LogP contribution in [-0.2, 0) is 19.4 Å². The second-order valence-electron chi connectivity index (χ2n) is 5.29. The highest BCUT2D eigenvalue weighted by Gasteiger charge is 2.33. The number of ether oxygens (including phenoxy) is 1. The minimum absolute atomic E-state index is 0.0384. The SMILES string of the molecule is CCCCCOCCC(C(=O)O)S(=O)(=O)c1ccc(C)cc1. The van der Waals surface area contributed by atoms with Crippen molar-refractivity contribution in [1.82, 2.24) is 0 Å². The minimum Gasteiger partial charge on any atom is -0.480 e. The van der Waals surface area contributed by atoms with Crippen molar-refractivity contribution in [2.45, 2.75) is 49.7 Å². The Morgan fingerprint density at radius 3 is 2.36 bits per heavy atom. The third-order valence-corrected chi connectivity index (χ3v) is 5.53. The molecule has 124 valence electrons. The fourth-order valence-electron chi connectivity index (χ4n) is 2.05. The van der Waals surface area contributed by atoms with Crippen molar-refractivity contribution in [3.05, 3.63) is 29.8 Å². The van der Waals surface area contributed by atoms with Crippen molar-refractivity contribution in [3.8, 4) is 0 Å². The van der Waals surface area contributed by atoms with Crippen molar-refractivity contribution in [3.63, 3.8) is 0 Å². The smallest absolute Gasteiger partial charge is 0.322 e. The van der Waals surface area contributed by atoms with Gasteiger partial charge in [0.25, 0.3) is 0 Å². The first-order valence-electron chi connectivity index (χ1n) is 7.50. The summed E-state index contributed by atoms with van der Waals surface area (Å²) in [5.41, 5.74) is 0.921. The van der Waals surface area contributed by atoms with Gasteiger partial charge in [0.1, 0.15) is 0 Å². The van der Waals surface area contributed by atoms with Crippen LogP contribution >= 0.6 is 0 Å². The van der Waals surface area contributed by atoms with Crippen molar-refractivity contribution in [2.24, 2.45) is 0 Å². The number of carboxylic acid groups (broad SMARTS) is 1. The van der Waals surface area contributed by atoms with Gasteiger partial charge in [0.05, 0.1) is 4.90 Å². The lowest BCUT2D eigenvalue weighted by Crippen LogP contribution is -2.31. The summed E-state index contributed by atoms with van der Waals surface area (Å²) in [6, 6.07) is 6.21. The number of sulfone groups is 1. The summed E-state index contributed by atoms with van der Waals surface area (Å²) in [6.45, 7) is 4.58. The lowest BCUT2D eigenvalue weighted by atomic mass is 10.2. The molecule has 0 aromatic heterocycles. The molecular weight excluding hydrogens is 304 g/mol. The molecule has 1 N–H and O–H groups in total. The van der Waals surface area contributed by atoms with Gasteiger partial charge in [-0.2, -0.15) is 0 Å². The zero-order chi connectivity index (χ0) is 16.6. The van der Waals surface area contributed by atoms with E-state index in [2.05, 4.69) is 6.92 Å². The number of carbonyl (C=O) groups is 1. The van der Waals surface area contributed by atoms with Crippen LogP contribution in [0.2, 0.25) is 0 Å². The fourth-order valence-corrected chi connectivity index (χ4v) is 3.57. The molecule has 6 heteroatoms. The second kappa shape index (κ2) is 8.90. The Morgan fingerprint density at radius 2 is 1.82 bits per heavy atom. The second-order valence-corrected chi connectivity index (χ2v) is 7.42. The van der Waals surface area contributed by atoms with E-state index in [1.807, 2.05) is 6.92 Å². The lowest BCUT2D eigenvalue weighted by molar-refractivity contribution is -0.136. The maximum Gasteiger partial charge on any atom is 0.322 e. The standard InChI is InChI=1S/C16H24O5S/c1-3-4-5-11-21-12-10-15(16(17)18)22(19,20)14-8-6-13(2)7-9-14/h6-9,15H,3-5,10-12H2,1-2H3,(H,17,18). The third kappa shape index (κ3) is 5.42. The van der Waals surface area contributed by atoms with Crippen LogP contribution in [0.3, 0.4) is 0 Å². The minimum atomic E-state index is -3.89. The summed E-state index contributed by atoms with van der Waals surface area (Å²) in [4.78, 5) is 11.4. The molecule has 22 heavy (non-hydrogen) atoms. The van der Waals surface area contributed by atoms with Crippen molar-refractivity contribution in [2.75, 3.05) is 13.2 Å². The molecule has 0 radical (unpaired) electrons. The van der Waals surface area contributed by atoms with E-state index < -0.39 is 21.1 Å². The molecule has 0 aliphatic carbocycles. The quantitative estimate of drug-likeness (QED) is 0.668. The van der Waals surface area contributed by atoms with Crippen LogP contribution in [0.4, 0.5) is 0 Å². The molecule has 1 unspecified atom stereocenters. The normalized spacial score (nSPS) is 13.0. The number of rotatable bonds is 10. The first-order chi connectivity index (χ1) is 10.4. The summed E-state index contributed by atoms with van der Waals surface area (Å²) >= 11 is 0. The van der Waals surface area contributed by atoms with Crippen LogP contribution in [-0.4, -0.2) is 38.0 Å². The van der Waals surface area contributed by atoms with Gasteiger partial charge in [0.2, 0.25) is 0 Å². The number of hydrogen-bond acceptors (Lipinski definition) is 4. The molecule has 0 heterocycles. The molecule has 1 aromatic carbocycles. The number of carboxylic acids is 1. The molecule has 0 amide bonds. The Balaban J connectivity index is 2.69. The highest BCUT2D eigenvalue weighted by Crippen LogP contribution is 2.19. The molecule has 0 aliphatic rings. The van der Waals surface area contributed by atoms with E-state index in [1.165, 1.54) is 12.1 Å². The summed E-state index contributed by atoms with van der Waals surface area (Å²) in [5.74, 6) is -1.34. The summed E-state index contributed by atoms with van der Waals surface area (Å²) in [7, 11) is -3.89. The van der Waals surface area contributed by atoms with Gasteiger partial charge in [0, 0.05) is 13.2 Å². The maximum atomic E-state index is 12.4. The van der Waals surface area contributed by atoms with Crippen molar-refractivity contribution in [1.29, 1.82) is 0 Å². The topological polar surface area (TPSA) is 80.7 Å². The van der Waals surface area contributed by atoms with Crippen LogP contribution in [0.25, 0.3) is 0 Å². The number of unbranched alkanes of at least 4 members (excludes halogenated alkanes) is 2. The van der Waals surface area contributed by atoms with Crippen LogP contribution in [0, 0.1) is 6.92 Å². The van der Waals surface area contributed by atoms with E-state index in [0.717, 1.165) is 24.8 Å². The molecule has 1 aromatic rings. The predicted molar refractivity (Wildman–Crippen MR) is 84.7 cm³/mol. The largest absolute Gasteiger partial charge is 0.480 e. The van der Waals surface area contributed by atoms with Gasteiger partial charge in [-0.3, -0.25) is 4.79 Å². The van der Waals surface area contributed by atoms with Gasteiger partial charge < -0.3 is 9.84 Å². The Bertz CT molecular complexity index is 563. The highest BCUT2D eigenvalue weighted by molar-refractivity contribution is 7.92. The molecule has 1 rings (SSSR count). The van der Waals surface area contributed by atoms with Crippen LogP contribution in [0.5, 0.6) is 0 Å². The van der Waals surface area contributed by atoms with E-state index in [-0.39, 0.29) is 17.9 Å². The molecule has 0 aliphatic heterocycles. The van der Waals surface area contributed by atoms with Gasteiger partial charge >= 0.3 is 5.97 Å². The number of aliphatic carboxylic acids is 1. The molecule has 0 bridgehead atoms. The van der Waals surface area contributed by atoms with Crippen LogP contribution < -0.4 is 0 Å². The Labute approximate surface area is 132 Å². The molecule has 0 spiro atoms. The monoisotopic (exact) mass is 328 g/mol. The fraction of sp³-hybridized carbons (Fsp3) is 0.562. The predicted octanol–water partition coefficient (Wildman–Crippen LogP) is 2.82. The first kappa shape index (κ1) is 18.6. The van der Waals surface area contributed by atoms with E-state index in [9.17, 15) is 18.3 Å². The maximum absolute atomic E-state index is 12.4. The van der Waals surface area contributed by atoms with Gasteiger partial charge in [-0.25, -0.2) is 8.42 Å². The number of hydrogen-bond donors (Lipinski definition) is 1. The molecular formula is C16H24O5S. The highest BCUT2D eigenvalue weighted by atomic mass is 32.2. The van der Waals surface area contributed by atoms with Gasteiger partial charge in [-0.05, 0) is 31.9 Å². The zero-order valence-corrected chi connectivity index (χ0v) is 13.9. The molecule has 5 nitrogen and oxygen atoms in total. The van der Waals surface area contributed by atoms with E-state index in [4.69, 9.17) is 4.74 Å². The van der Waals surface area contributed by atoms with Crippen LogP contribution in [0.1, 0.15) is 38.2 Å². The van der Waals surface area contributed by atoms with E-state index in [0.29, 0.717) is 6.61 Å².